The molecule has 0 spiro atoms. The fourth-order valence-electron chi connectivity index (χ4n) is 2.25. The summed E-state index contributed by atoms with van der Waals surface area (Å²) < 4.78 is 185. The van der Waals surface area contributed by atoms with Crippen molar-refractivity contribution in [3.05, 3.63) is 0 Å². The Balaban J connectivity index is 2.79. The van der Waals surface area contributed by atoms with Crippen LogP contribution in [0.25, 0.3) is 0 Å². The predicted octanol–water partition coefficient (Wildman–Crippen LogP) is 4.11. The zero-order valence-electron chi connectivity index (χ0n) is 10.1. The number of hydrogen-bond acceptors (Lipinski definition) is 2. The van der Waals surface area contributed by atoms with E-state index in [0.717, 1.165) is 0 Å². The zero-order valence-corrected chi connectivity index (χ0v) is 10.1. The third-order valence-electron chi connectivity index (χ3n) is 3.39. The third kappa shape index (κ3) is 1.52. The Labute approximate surface area is 120 Å². The van der Waals surface area contributed by atoms with E-state index in [0.29, 0.717) is 0 Å². The van der Waals surface area contributed by atoms with Crippen molar-refractivity contribution in [2.45, 2.75) is 47.6 Å². The van der Waals surface area contributed by atoms with Crippen LogP contribution in [0.2, 0.25) is 0 Å². The second kappa shape index (κ2) is 4.02. The van der Waals surface area contributed by atoms with Crippen molar-refractivity contribution >= 4 is 0 Å². The molecular formula is C8F14O2. The normalized spacial score (nSPS) is 45.2. The molecule has 2 aliphatic rings. The quantitative estimate of drug-likeness (QED) is 0.624. The van der Waals surface area contributed by atoms with E-state index in [-0.39, 0.29) is 0 Å². The molecule has 2 fully saturated rings. The van der Waals surface area contributed by atoms with Gasteiger partial charge < -0.3 is 0 Å². The van der Waals surface area contributed by atoms with E-state index < -0.39 is 47.6 Å². The van der Waals surface area contributed by atoms with Crippen LogP contribution in [0.1, 0.15) is 0 Å². The van der Waals surface area contributed by atoms with Crippen LogP contribution in [0.4, 0.5) is 61.5 Å². The van der Waals surface area contributed by atoms with Crippen molar-refractivity contribution in [1.82, 2.24) is 0 Å². The molecular weight excluding hydrogens is 394 g/mol. The molecule has 142 valence electrons. The van der Waals surface area contributed by atoms with E-state index in [1.165, 1.54) is 0 Å². The lowest BCUT2D eigenvalue weighted by Crippen LogP contribution is -2.65. The minimum absolute atomic E-state index is 1.79. The molecule has 0 aromatic rings. The minimum Gasteiger partial charge on any atom is -0.272 e. The number of ether oxygens (including phenoxy) is 2. The van der Waals surface area contributed by atoms with Crippen LogP contribution in [0, 0.1) is 0 Å². The summed E-state index contributed by atoms with van der Waals surface area (Å²) in [6.45, 7) is 0. The summed E-state index contributed by atoms with van der Waals surface area (Å²) in [5, 5.41) is 0. The minimum atomic E-state index is -7.40. The van der Waals surface area contributed by atoms with E-state index in [2.05, 4.69) is 4.74 Å². The van der Waals surface area contributed by atoms with Crippen LogP contribution in [0.5, 0.6) is 0 Å². The summed E-state index contributed by atoms with van der Waals surface area (Å²) in [5.74, 6) is -36.0. The smallest absolute Gasteiger partial charge is 0.272 e. The third-order valence-corrected chi connectivity index (χ3v) is 3.39. The molecule has 16 heteroatoms. The average Bonchev–Trinajstić information content (AvgIpc) is 2.46. The Morgan fingerprint density at radius 1 is 0.583 bits per heavy atom. The van der Waals surface area contributed by atoms with Gasteiger partial charge in [-0.25, -0.2) is 13.5 Å². The van der Waals surface area contributed by atoms with E-state index in [1.54, 1.807) is 4.74 Å². The molecule has 3 atom stereocenters. The lowest BCUT2D eigenvalue weighted by molar-refractivity contribution is -0.505. The van der Waals surface area contributed by atoms with Gasteiger partial charge in [-0.3, -0.25) is 4.74 Å². The lowest BCUT2D eigenvalue weighted by atomic mass is 9.90. The standard InChI is InChI=1S/C8F14O2/c9-1-2(10,11)4(14,15)5(16,17)6(1,18)23-7(19,3(1,12)13)24-8(20,21)22. The molecule has 0 N–H and O–H groups in total. The molecule has 0 radical (unpaired) electrons. The number of alkyl halides is 14. The highest BCUT2D eigenvalue weighted by Gasteiger charge is 3.11. The fourth-order valence-corrected chi connectivity index (χ4v) is 2.25. The predicted molar refractivity (Wildman–Crippen MR) is 39.5 cm³/mol. The molecule has 3 unspecified atom stereocenters. The van der Waals surface area contributed by atoms with E-state index >= 15 is 0 Å². The largest absolute Gasteiger partial charge is 0.527 e. The highest BCUT2D eigenvalue weighted by molar-refractivity contribution is 5.35. The van der Waals surface area contributed by atoms with Gasteiger partial charge >= 0.3 is 47.6 Å². The van der Waals surface area contributed by atoms with Crippen LogP contribution in [0.3, 0.4) is 0 Å². The second-order valence-corrected chi connectivity index (χ2v) is 4.74. The first kappa shape index (κ1) is 19.3. The molecule has 1 aliphatic heterocycles. The summed E-state index contributed by atoms with van der Waals surface area (Å²) in [6, 6.07) is -6.63. The van der Waals surface area contributed by atoms with Gasteiger partial charge in [0.25, 0.3) is 0 Å². The Morgan fingerprint density at radius 3 is 1.33 bits per heavy atom. The molecule has 1 saturated heterocycles. The molecule has 2 rings (SSSR count). The number of hydrogen-bond donors (Lipinski definition) is 0. The van der Waals surface area contributed by atoms with Gasteiger partial charge in [0.05, 0.1) is 0 Å². The molecule has 1 heterocycles. The SMILES string of the molecule is FC(F)(F)OC1(F)OC2(F)C(F)(F)C(F)(F)C(F)(F)C2(F)C1(F)F. The van der Waals surface area contributed by atoms with Gasteiger partial charge in [0.2, 0.25) is 0 Å². The molecule has 0 bridgehead atoms. The topological polar surface area (TPSA) is 18.5 Å². The highest BCUT2D eigenvalue weighted by atomic mass is 19.4. The maximum Gasteiger partial charge on any atom is 0.527 e. The molecule has 1 aliphatic carbocycles. The lowest BCUT2D eigenvalue weighted by Gasteiger charge is -2.34. The maximum atomic E-state index is 13.9. The van der Waals surface area contributed by atoms with Gasteiger partial charge in [0.15, 0.2) is 0 Å². The Morgan fingerprint density at radius 2 is 1.00 bits per heavy atom. The summed E-state index contributed by atoms with van der Waals surface area (Å²) in [5.41, 5.74) is -7.25. The van der Waals surface area contributed by atoms with Gasteiger partial charge in [0.1, 0.15) is 0 Å². The maximum absolute atomic E-state index is 13.9. The van der Waals surface area contributed by atoms with Crippen LogP contribution in [-0.4, -0.2) is 47.6 Å². The number of fused-ring (bicyclic) bond motifs is 1. The Bertz CT molecular complexity index is 570. The van der Waals surface area contributed by atoms with E-state index in [4.69, 9.17) is 0 Å². The molecule has 1 saturated carbocycles. The van der Waals surface area contributed by atoms with Crippen LogP contribution in [-0.2, 0) is 9.47 Å². The van der Waals surface area contributed by atoms with Crippen molar-refractivity contribution < 1.29 is 70.9 Å². The van der Waals surface area contributed by atoms with Crippen molar-refractivity contribution in [1.29, 1.82) is 0 Å². The monoisotopic (exact) mass is 394 g/mol. The summed E-state index contributed by atoms with van der Waals surface area (Å²) in [4.78, 5) is 0. The van der Waals surface area contributed by atoms with Crippen LogP contribution in [0.15, 0.2) is 0 Å². The average molecular weight is 394 g/mol. The van der Waals surface area contributed by atoms with E-state index in [1.807, 2.05) is 0 Å². The van der Waals surface area contributed by atoms with Gasteiger partial charge in [-0.05, 0) is 0 Å². The molecule has 0 amide bonds. The first-order valence-electron chi connectivity index (χ1n) is 5.21. The first-order chi connectivity index (χ1) is 10.2. The van der Waals surface area contributed by atoms with Crippen molar-refractivity contribution in [2.75, 3.05) is 0 Å². The Kier molecular flexibility index (Phi) is 3.22. The Hall–Kier alpha value is -1.06. The van der Waals surface area contributed by atoms with Gasteiger partial charge in [0, 0.05) is 0 Å². The van der Waals surface area contributed by atoms with Crippen molar-refractivity contribution in [3.8, 4) is 0 Å². The van der Waals surface area contributed by atoms with Crippen molar-refractivity contribution in [2.24, 2.45) is 0 Å². The van der Waals surface area contributed by atoms with Crippen LogP contribution >= 0.6 is 0 Å². The van der Waals surface area contributed by atoms with Gasteiger partial charge in [-0.15, -0.1) is 13.2 Å². The second-order valence-electron chi connectivity index (χ2n) is 4.74. The summed E-state index contributed by atoms with van der Waals surface area (Å²) >= 11 is 0. The van der Waals surface area contributed by atoms with Gasteiger partial charge in [-0.1, -0.05) is 0 Å². The zero-order chi connectivity index (χ0) is 19.4. The highest BCUT2D eigenvalue weighted by Crippen LogP contribution is 2.78. The number of rotatable bonds is 1. The van der Waals surface area contributed by atoms with Crippen LogP contribution < -0.4 is 0 Å². The van der Waals surface area contributed by atoms with Gasteiger partial charge in [-0.2, -0.15) is 39.5 Å². The molecule has 24 heavy (non-hydrogen) atoms. The molecule has 0 aromatic heterocycles. The summed E-state index contributed by atoms with van der Waals surface area (Å²) in [6.07, 6.45) is -6.61. The van der Waals surface area contributed by atoms with E-state index in [9.17, 15) is 61.5 Å². The first-order valence-corrected chi connectivity index (χ1v) is 5.21. The molecule has 0 aromatic carbocycles. The number of halogens is 14. The van der Waals surface area contributed by atoms with Crippen molar-refractivity contribution in [3.63, 3.8) is 0 Å². The summed E-state index contributed by atoms with van der Waals surface area (Å²) in [7, 11) is 0. The molecule has 2 nitrogen and oxygen atoms in total. The fraction of sp³-hybridized carbons (Fsp3) is 1.00.